The van der Waals surface area contributed by atoms with Crippen LogP contribution in [-0.2, 0) is 16.1 Å². The summed E-state index contributed by atoms with van der Waals surface area (Å²) < 4.78 is 60.8. The lowest BCUT2D eigenvalue weighted by atomic mass is 9.88. The molecular formula is C20H19F4N3O2. The number of piperidine rings is 1. The summed E-state index contributed by atoms with van der Waals surface area (Å²) in [6.45, 7) is 0.980. The van der Waals surface area contributed by atoms with Crippen LogP contribution < -0.4 is 4.90 Å². The van der Waals surface area contributed by atoms with Gasteiger partial charge in [-0.25, -0.2) is 8.78 Å². The molecule has 2 aromatic rings. The topological polar surface area (TPSA) is 45.7 Å². The van der Waals surface area contributed by atoms with Gasteiger partial charge >= 0.3 is 12.0 Å². The van der Waals surface area contributed by atoms with Crippen molar-refractivity contribution >= 4 is 11.6 Å². The van der Waals surface area contributed by atoms with E-state index in [2.05, 4.69) is 4.98 Å². The second-order valence-electron chi connectivity index (χ2n) is 7.38. The summed E-state index contributed by atoms with van der Waals surface area (Å²) in [5.74, 6) is -2.40. The zero-order valence-electron chi connectivity index (χ0n) is 15.5. The molecule has 2 fully saturated rings. The minimum atomic E-state index is -3.97. The summed E-state index contributed by atoms with van der Waals surface area (Å²) in [6.07, 6.45) is -1.99. The number of alkyl halides is 2. The van der Waals surface area contributed by atoms with Gasteiger partial charge in [0.05, 0.1) is 17.8 Å². The molecule has 0 bridgehead atoms. The van der Waals surface area contributed by atoms with E-state index in [4.69, 9.17) is 4.74 Å². The third-order valence-corrected chi connectivity index (χ3v) is 5.40. The first-order valence-electron chi connectivity index (χ1n) is 9.25. The molecular weight excluding hydrogens is 390 g/mol. The van der Waals surface area contributed by atoms with Crippen molar-refractivity contribution in [1.29, 1.82) is 0 Å². The number of hydrogen-bond acceptors (Lipinski definition) is 4. The number of amides is 1. The minimum absolute atomic E-state index is 0.0567. The molecule has 29 heavy (non-hydrogen) atoms. The summed E-state index contributed by atoms with van der Waals surface area (Å²) in [5, 5.41) is 0. The van der Waals surface area contributed by atoms with Crippen LogP contribution in [0.4, 0.5) is 23.2 Å². The quantitative estimate of drug-likeness (QED) is 0.730. The molecule has 1 spiro atoms. The Bertz CT molecular complexity index is 899. The van der Waals surface area contributed by atoms with Crippen LogP contribution in [-0.4, -0.2) is 47.1 Å². The summed E-state index contributed by atoms with van der Waals surface area (Å²) >= 11 is 0. The van der Waals surface area contributed by atoms with Gasteiger partial charge in [0, 0.05) is 31.5 Å². The van der Waals surface area contributed by atoms with E-state index in [-0.39, 0.29) is 31.6 Å². The number of aromatic nitrogens is 1. The van der Waals surface area contributed by atoms with Crippen LogP contribution in [0, 0.1) is 11.6 Å². The number of morpholine rings is 1. The van der Waals surface area contributed by atoms with Crippen LogP contribution in [0.15, 0.2) is 42.6 Å². The molecule has 2 aliphatic heterocycles. The lowest BCUT2D eigenvalue weighted by Gasteiger charge is -2.48. The zero-order chi connectivity index (χ0) is 20.6. The van der Waals surface area contributed by atoms with E-state index in [1.807, 2.05) is 4.90 Å². The summed E-state index contributed by atoms with van der Waals surface area (Å²) in [7, 11) is 0. The number of carbonyl (C=O) groups is 1. The number of halogens is 4. The molecule has 1 amide bonds. The van der Waals surface area contributed by atoms with Gasteiger partial charge in [-0.2, -0.15) is 8.78 Å². The van der Waals surface area contributed by atoms with Gasteiger partial charge in [-0.05, 0) is 49.2 Å². The monoisotopic (exact) mass is 409 g/mol. The number of likely N-dealkylation sites (tertiary alicyclic amines) is 1. The normalized spacial score (nSPS) is 21.5. The Morgan fingerprint density at radius 2 is 1.76 bits per heavy atom. The molecule has 3 heterocycles. The summed E-state index contributed by atoms with van der Waals surface area (Å²) in [5.41, 5.74) is -0.747. The molecule has 0 atom stereocenters. The Balaban J connectivity index is 1.50. The fourth-order valence-electron chi connectivity index (χ4n) is 3.82. The first kappa shape index (κ1) is 19.8. The largest absolute Gasteiger partial charge is 0.437 e. The molecule has 0 N–H and O–H groups in total. The van der Waals surface area contributed by atoms with Gasteiger partial charge in [0.15, 0.2) is 0 Å². The van der Waals surface area contributed by atoms with Crippen LogP contribution in [0.3, 0.4) is 0 Å². The van der Waals surface area contributed by atoms with E-state index < -0.39 is 29.3 Å². The molecule has 0 aliphatic carbocycles. The standard InChI is InChI=1S/C20H19F4N3O2/c21-14-3-5-15(6-4-14)27-13-19(29-20(23,24)18(27)28)7-10-26(11-8-19)12-17-16(22)2-1-9-25-17/h1-6,9H,7-8,10-13H2. The van der Waals surface area contributed by atoms with Crippen molar-refractivity contribution < 1.29 is 27.1 Å². The number of ether oxygens (including phenoxy) is 1. The van der Waals surface area contributed by atoms with Crippen LogP contribution in [0.25, 0.3) is 0 Å². The highest BCUT2D eigenvalue weighted by Gasteiger charge is 2.57. The number of rotatable bonds is 3. The molecule has 5 nitrogen and oxygen atoms in total. The lowest BCUT2D eigenvalue weighted by molar-refractivity contribution is -0.293. The predicted molar refractivity (Wildman–Crippen MR) is 96.2 cm³/mol. The van der Waals surface area contributed by atoms with Gasteiger partial charge in [0.1, 0.15) is 11.6 Å². The van der Waals surface area contributed by atoms with Gasteiger partial charge in [-0.1, -0.05) is 0 Å². The summed E-state index contributed by atoms with van der Waals surface area (Å²) in [6, 6.07) is 7.65. The first-order chi connectivity index (χ1) is 13.8. The second-order valence-corrected chi connectivity index (χ2v) is 7.38. The van der Waals surface area contributed by atoms with Gasteiger partial charge < -0.3 is 9.64 Å². The molecule has 154 valence electrons. The fraction of sp³-hybridized carbons (Fsp3) is 0.400. The molecule has 0 saturated carbocycles. The number of hydrogen-bond donors (Lipinski definition) is 0. The average Bonchev–Trinajstić information content (AvgIpc) is 2.69. The van der Waals surface area contributed by atoms with E-state index in [1.165, 1.54) is 30.5 Å². The third kappa shape index (κ3) is 3.97. The van der Waals surface area contributed by atoms with E-state index >= 15 is 0 Å². The van der Waals surface area contributed by atoms with Gasteiger partial charge in [0.2, 0.25) is 0 Å². The third-order valence-electron chi connectivity index (χ3n) is 5.40. The van der Waals surface area contributed by atoms with E-state index in [0.717, 1.165) is 17.0 Å². The second kappa shape index (κ2) is 7.38. The van der Waals surface area contributed by atoms with Gasteiger partial charge in [-0.3, -0.25) is 14.7 Å². The van der Waals surface area contributed by atoms with Crippen molar-refractivity contribution in [3.63, 3.8) is 0 Å². The van der Waals surface area contributed by atoms with Crippen LogP contribution in [0.1, 0.15) is 18.5 Å². The molecule has 2 aliphatic rings. The van der Waals surface area contributed by atoms with Gasteiger partial charge in [0.25, 0.3) is 0 Å². The lowest BCUT2D eigenvalue weighted by Crippen LogP contribution is -2.64. The van der Waals surface area contributed by atoms with Crippen molar-refractivity contribution in [1.82, 2.24) is 9.88 Å². The Labute approximate surface area is 164 Å². The van der Waals surface area contributed by atoms with Gasteiger partial charge in [-0.15, -0.1) is 0 Å². The molecule has 0 unspecified atom stereocenters. The highest BCUT2D eigenvalue weighted by atomic mass is 19.3. The summed E-state index contributed by atoms with van der Waals surface area (Å²) in [4.78, 5) is 19.1. The van der Waals surface area contributed by atoms with E-state index in [9.17, 15) is 22.4 Å². The molecule has 9 heteroatoms. The van der Waals surface area contributed by atoms with E-state index in [1.54, 1.807) is 0 Å². The average molecular weight is 409 g/mol. The van der Waals surface area contributed by atoms with Crippen molar-refractivity contribution in [3.8, 4) is 0 Å². The van der Waals surface area contributed by atoms with Crippen molar-refractivity contribution in [2.45, 2.75) is 31.1 Å². The van der Waals surface area contributed by atoms with Crippen molar-refractivity contribution in [3.05, 3.63) is 59.9 Å². The molecule has 1 aromatic heterocycles. The highest BCUT2D eigenvalue weighted by molar-refractivity contribution is 5.98. The minimum Gasteiger partial charge on any atom is -0.304 e. The van der Waals surface area contributed by atoms with Crippen LogP contribution in [0.2, 0.25) is 0 Å². The number of anilines is 1. The molecule has 0 radical (unpaired) electrons. The Morgan fingerprint density at radius 1 is 1.07 bits per heavy atom. The maximum atomic E-state index is 14.4. The maximum absolute atomic E-state index is 14.4. The van der Waals surface area contributed by atoms with Crippen LogP contribution >= 0.6 is 0 Å². The molecule has 2 saturated heterocycles. The number of benzene rings is 1. The fourth-order valence-corrected chi connectivity index (χ4v) is 3.82. The molecule has 4 rings (SSSR count). The smallest absolute Gasteiger partial charge is 0.304 e. The van der Waals surface area contributed by atoms with Crippen molar-refractivity contribution in [2.75, 3.05) is 24.5 Å². The van der Waals surface area contributed by atoms with Crippen molar-refractivity contribution in [2.24, 2.45) is 0 Å². The number of pyridine rings is 1. The molecule has 1 aromatic carbocycles. The zero-order valence-corrected chi connectivity index (χ0v) is 15.5. The van der Waals surface area contributed by atoms with E-state index in [0.29, 0.717) is 18.8 Å². The Hall–Kier alpha value is -2.52. The number of carbonyl (C=O) groups excluding carboxylic acids is 1. The maximum Gasteiger partial charge on any atom is 0.437 e. The highest BCUT2D eigenvalue weighted by Crippen LogP contribution is 2.40. The first-order valence-corrected chi connectivity index (χ1v) is 9.25. The predicted octanol–water partition coefficient (Wildman–Crippen LogP) is 3.35. The SMILES string of the molecule is O=C1N(c2ccc(F)cc2)CC2(CCN(Cc3ncccc3F)CC2)OC1(F)F. The number of nitrogens with zero attached hydrogens (tertiary/aromatic N) is 3. The Kier molecular flexibility index (Phi) is 5.04. The van der Waals surface area contributed by atoms with Crippen LogP contribution in [0.5, 0.6) is 0 Å². The Morgan fingerprint density at radius 3 is 2.41 bits per heavy atom.